The zero-order chi connectivity index (χ0) is 30.9. The summed E-state index contributed by atoms with van der Waals surface area (Å²) in [7, 11) is 0. The van der Waals surface area contributed by atoms with Crippen LogP contribution in [0.5, 0.6) is 0 Å². The van der Waals surface area contributed by atoms with Crippen LogP contribution in [0.25, 0.3) is 74.9 Å². The summed E-state index contributed by atoms with van der Waals surface area (Å²) >= 11 is 1.84. The molecule has 220 valence electrons. The first-order valence-corrected chi connectivity index (χ1v) is 16.6. The third-order valence-electron chi connectivity index (χ3n) is 9.30. The molecule has 4 heteroatoms. The minimum atomic E-state index is 0.786. The highest BCUT2D eigenvalue weighted by Gasteiger charge is 2.22. The van der Waals surface area contributed by atoms with Gasteiger partial charge in [0.25, 0.3) is 0 Å². The van der Waals surface area contributed by atoms with E-state index in [2.05, 4.69) is 138 Å². The van der Waals surface area contributed by atoms with Gasteiger partial charge >= 0.3 is 0 Å². The fourth-order valence-electron chi connectivity index (χ4n) is 7.12. The Morgan fingerprint density at radius 2 is 1.23 bits per heavy atom. The molecule has 0 saturated heterocycles. The molecule has 0 radical (unpaired) electrons. The van der Waals surface area contributed by atoms with Gasteiger partial charge in [0.05, 0.1) is 21.5 Å². The lowest BCUT2D eigenvalue weighted by molar-refractivity contribution is 0.668. The molecule has 10 rings (SSSR count). The molecule has 0 spiro atoms. The number of pyridine rings is 1. The highest BCUT2D eigenvalue weighted by molar-refractivity contribution is 7.26. The van der Waals surface area contributed by atoms with Gasteiger partial charge in [0.1, 0.15) is 11.1 Å². The Balaban J connectivity index is 1.17. The molecule has 47 heavy (non-hydrogen) atoms. The average molecular weight is 619 g/mol. The van der Waals surface area contributed by atoms with E-state index in [1.165, 1.54) is 52.8 Å². The molecular weight excluding hydrogens is 593 g/mol. The Kier molecular flexibility index (Phi) is 5.74. The van der Waals surface area contributed by atoms with Crippen molar-refractivity contribution in [2.75, 3.05) is 4.90 Å². The Morgan fingerprint density at radius 1 is 0.511 bits per heavy atom. The van der Waals surface area contributed by atoms with Crippen LogP contribution in [0.3, 0.4) is 0 Å². The molecule has 0 bridgehead atoms. The Labute approximate surface area is 274 Å². The summed E-state index contributed by atoms with van der Waals surface area (Å²) in [6.07, 6.45) is 1.84. The molecule has 10 aromatic rings. The van der Waals surface area contributed by atoms with Crippen molar-refractivity contribution in [2.24, 2.45) is 0 Å². The van der Waals surface area contributed by atoms with Gasteiger partial charge in [-0.3, -0.25) is 4.98 Å². The van der Waals surface area contributed by atoms with E-state index in [1.54, 1.807) is 0 Å². The summed E-state index contributed by atoms with van der Waals surface area (Å²) in [5.41, 5.74) is 8.10. The van der Waals surface area contributed by atoms with Crippen molar-refractivity contribution in [1.29, 1.82) is 0 Å². The number of hydrogen-bond acceptors (Lipinski definition) is 4. The number of nitrogens with zero attached hydrogens (tertiary/aromatic N) is 2. The number of furan rings is 1. The summed E-state index contributed by atoms with van der Waals surface area (Å²) in [4.78, 5) is 7.15. The van der Waals surface area contributed by atoms with Gasteiger partial charge < -0.3 is 9.32 Å². The molecule has 0 atom stereocenters. The zero-order valence-electron chi connectivity index (χ0n) is 25.2. The number of benzene rings is 7. The summed E-state index contributed by atoms with van der Waals surface area (Å²) < 4.78 is 8.83. The van der Waals surface area contributed by atoms with Crippen LogP contribution >= 0.6 is 11.3 Å². The van der Waals surface area contributed by atoms with E-state index in [4.69, 9.17) is 9.40 Å². The van der Waals surface area contributed by atoms with E-state index < -0.39 is 0 Å². The molecule has 0 aliphatic heterocycles. The van der Waals surface area contributed by atoms with E-state index in [0.29, 0.717) is 0 Å². The number of anilines is 3. The van der Waals surface area contributed by atoms with Gasteiger partial charge in [-0.15, -0.1) is 11.3 Å². The molecule has 0 fully saturated rings. The lowest BCUT2D eigenvalue weighted by Gasteiger charge is -2.27. The van der Waals surface area contributed by atoms with Gasteiger partial charge in [0.15, 0.2) is 5.58 Å². The first-order valence-electron chi connectivity index (χ1n) is 15.8. The molecular formula is C43H26N2OS. The Bertz CT molecular complexity index is 2810. The maximum Gasteiger partial charge on any atom is 0.153 e. The average Bonchev–Trinajstić information content (AvgIpc) is 3.71. The van der Waals surface area contributed by atoms with Crippen LogP contribution < -0.4 is 4.90 Å². The van der Waals surface area contributed by atoms with Crippen molar-refractivity contribution in [1.82, 2.24) is 4.98 Å². The second kappa shape index (κ2) is 10.3. The van der Waals surface area contributed by atoms with Crippen LogP contribution in [0.1, 0.15) is 0 Å². The van der Waals surface area contributed by atoms with Gasteiger partial charge in [0, 0.05) is 27.4 Å². The van der Waals surface area contributed by atoms with Crippen LogP contribution in [0.2, 0.25) is 0 Å². The summed E-state index contributed by atoms with van der Waals surface area (Å²) in [5, 5.41) is 8.62. The number of aromatic nitrogens is 1. The van der Waals surface area contributed by atoms with Crippen molar-refractivity contribution < 1.29 is 4.42 Å². The smallest absolute Gasteiger partial charge is 0.153 e. The molecule has 0 N–H and O–H groups in total. The maximum absolute atomic E-state index is 6.30. The van der Waals surface area contributed by atoms with Crippen molar-refractivity contribution in [3.63, 3.8) is 0 Å². The molecule has 0 unspecified atom stereocenters. The molecule has 0 saturated carbocycles. The quantitative estimate of drug-likeness (QED) is 0.184. The molecule has 3 aromatic heterocycles. The van der Waals surface area contributed by atoms with Gasteiger partial charge in [-0.1, -0.05) is 97.1 Å². The fourth-order valence-corrected chi connectivity index (χ4v) is 8.33. The summed E-state index contributed by atoms with van der Waals surface area (Å²) in [5.74, 6) is 0. The zero-order valence-corrected chi connectivity index (χ0v) is 26.0. The minimum absolute atomic E-state index is 0.786. The first-order chi connectivity index (χ1) is 23.3. The van der Waals surface area contributed by atoms with Gasteiger partial charge in [-0.25, -0.2) is 0 Å². The Hall–Kier alpha value is -5.97. The lowest BCUT2D eigenvalue weighted by atomic mass is 9.97. The standard InChI is InChI=1S/C43H26N2OS/c1-2-9-32-28(8-1)17-18-30-26-29(21-24-33(30)32)27-19-22-31(23-20-27)45(36-12-6-14-38-41(36)42-39(46-38)15-7-25-44-42)37-13-5-11-35-34-10-3-4-16-40(34)47-43(35)37/h1-26H. The van der Waals surface area contributed by atoms with Crippen LogP contribution in [0.15, 0.2) is 162 Å². The predicted molar refractivity (Wildman–Crippen MR) is 200 cm³/mol. The predicted octanol–water partition coefficient (Wildman–Crippen LogP) is 12.8. The highest BCUT2D eigenvalue weighted by Crippen LogP contribution is 2.47. The second-order valence-corrected chi connectivity index (χ2v) is 13.0. The summed E-state index contributed by atoms with van der Waals surface area (Å²) in [6, 6.07) is 54.3. The van der Waals surface area contributed by atoms with E-state index in [0.717, 1.165) is 39.1 Å². The molecule has 0 amide bonds. The number of fused-ring (bicyclic) bond motifs is 9. The number of thiophene rings is 1. The molecule has 0 aliphatic rings. The Morgan fingerprint density at radius 3 is 2.17 bits per heavy atom. The highest BCUT2D eigenvalue weighted by atomic mass is 32.1. The van der Waals surface area contributed by atoms with Crippen molar-refractivity contribution >= 4 is 92.2 Å². The van der Waals surface area contributed by atoms with Crippen molar-refractivity contribution in [3.8, 4) is 11.1 Å². The fraction of sp³-hybridized carbons (Fsp3) is 0. The van der Waals surface area contributed by atoms with Gasteiger partial charge in [0.2, 0.25) is 0 Å². The molecule has 0 aliphatic carbocycles. The van der Waals surface area contributed by atoms with E-state index in [9.17, 15) is 0 Å². The molecule has 7 aromatic carbocycles. The summed E-state index contributed by atoms with van der Waals surface area (Å²) in [6.45, 7) is 0. The third kappa shape index (κ3) is 4.09. The van der Waals surface area contributed by atoms with Crippen LogP contribution in [-0.2, 0) is 0 Å². The molecule has 3 heterocycles. The maximum atomic E-state index is 6.30. The molecule has 3 nitrogen and oxygen atoms in total. The van der Waals surface area contributed by atoms with Crippen LogP contribution in [0, 0.1) is 0 Å². The van der Waals surface area contributed by atoms with Crippen LogP contribution in [-0.4, -0.2) is 4.98 Å². The van der Waals surface area contributed by atoms with Crippen molar-refractivity contribution in [3.05, 3.63) is 158 Å². The topological polar surface area (TPSA) is 29.3 Å². The van der Waals surface area contributed by atoms with E-state index in [-0.39, 0.29) is 0 Å². The largest absolute Gasteiger partial charge is 0.454 e. The third-order valence-corrected chi connectivity index (χ3v) is 10.5. The lowest BCUT2D eigenvalue weighted by Crippen LogP contribution is -2.10. The first kappa shape index (κ1) is 26.3. The van der Waals surface area contributed by atoms with E-state index >= 15 is 0 Å². The van der Waals surface area contributed by atoms with Gasteiger partial charge in [-0.05, 0) is 87.3 Å². The van der Waals surface area contributed by atoms with Crippen molar-refractivity contribution in [2.45, 2.75) is 0 Å². The number of hydrogen-bond donors (Lipinski definition) is 0. The van der Waals surface area contributed by atoms with Gasteiger partial charge in [-0.2, -0.15) is 0 Å². The second-order valence-electron chi connectivity index (χ2n) is 12.0. The van der Waals surface area contributed by atoms with Crippen LogP contribution in [0.4, 0.5) is 17.1 Å². The SMILES string of the molecule is c1ccc2c(c1)ccc1cc(-c3ccc(N(c4cccc5c4sc4ccccc45)c4cccc5oc6cccnc6c45)cc3)ccc12. The normalized spacial score (nSPS) is 11.8. The van der Waals surface area contributed by atoms with E-state index in [1.807, 2.05) is 35.7 Å². The monoisotopic (exact) mass is 618 g/mol. The minimum Gasteiger partial charge on any atom is -0.454 e. The number of rotatable bonds is 4.